The third-order valence-electron chi connectivity index (χ3n) is 3.83. The minimum Gasteiger partial charge on any atom is -0.351 e. The topological polar surface area (TPSA) is 49.4 Å². The molecule has 1 aliphatic rings. The van der Waals surface area contributed by atoms with Gasteiger partial charge in [-0.15, -0.1) is 22.7 Å². The third-order valence-corrected chi connectivity index (χ3v) is 5.56. The van der Waals surface area contributed by atoms with Gasteiger partial charge >= 0.3 is 0 Å². The fourth-order valence-corrected chi connectivity index (χ4v) is 4.00. The summed E-state index contributed by atoms with van der Waals surface area (Å²) < 4.78 is 0. The van der Waals surface area contributed by atoms with Crippen LogP contribution in [0.2, 0.25) is 0 Å². The van der Waals surface area contributed by atoms with Gasteiger partial charge in [0.2, 0.25) is 5.91 Å². The number of carbonyl (C=O) groups is 2. The fourth-order valence-electron chi connectivity index (χ4n) is 2.66. The number of carbonyl (C=O) groups excluding carboxylic acids is 2. The zero-order valence-corrected chi connectivity index (χ0v) is 13.8. The van der Waals surface area contributed by atoms with E-state index in [1.54, 1.807) is 11.3 Å². The highest BCUT2D eigenvalue weighted by atomic mass is 32.1. The van der Waals surface area contributed by atoms with Gasteiger partial charge in [-0.05, 0) is 35.7 Å². The Balaban J connectivity index is 1.55. The molecule has 0 radical (unpaired) electrons. The van der Waals surface area contributed by atoms with Crippen molar-refractivity contribution in [1.82, 2.24) is 10.2 Å². The second-order valence-corrected chi connectivity index (χ2v) is 7.34. The molecular weight excluding hydrogens is 316 g/mol. The molecule has 2 amide bonds. The molecule has 1 saturated heterocycles. The first-order valence-electron chi connectivity index (χ1n) is 7.37. The number of rotatable bonds is 4. The molecule has 0 aromatic carbocycles. The van der Waals surface area contributed by atoms with E-state index in [-0.39, 0.29) is 17.7 Å². The van der Waals surface area contributed by atoms with Gasteiger partial charge in [0.1, 0.15) is 0 Å². The average Bonchev–Trinajstić information content (AvgIpc) is 3.25. The van der Waals surface area contributed by atoms with Crippen molar-refractivity contribution >= 4 is 34.5 Å². The molecule has 3 rings (SSSR count). The molecule has 1 fully saturated rings. The van der Waals surface area contributed by atoms with Gasteiger partial charge in [0.15, 0.2) is 0 Å². The maximum Gasteiger partial charge on any atom is 0.263 e. The standard InChI is InChI=1S/C16H18N2O2S2/c19-15(17-10-13-5-2-8-21-13)12-4-1-7-18(11-12)16(20)14-6-3-9-22-14/h2-3,5-6,8-9,12H,1,4,7,10-11H2,(H,17,19). The molecular formula is C16H18N2O2S2. The van der Waals surface area contributed by atoms with E-state index in [2.05, 4.69) is 5.32 Å². The second-order valence-electron chi connectivity index (χ2n) is 5.36. The molecule has 1 unspecified atom stereocenters. The first-order valence-corrected chi connectivity index (χ1v) is 9.13. The molecule has 1 atom stereocenters. The third kappa shape index (κ3) is 3.56. The summed E-state index contributed by atoms with van der Waals surface area (Å²) in [6.45, 7) is 1.84. The van der Waals surface area contributed by atoms with Crippen molar-refractivity contribution in [2.24, 2.45) is 5.92 Å². The zero-order valence-electron chi connectivity index (χ0n) is 12.2. The predicted molar refractivity (Wildman–Crippen MR) is 89.1 cm³/mol. The van der Waals surface area contributed by atoms with E-state index >= 15 is 0 Å². The second kappa shape index (κ2) is 7.07. The molecule has 22 heavy (non-hydrogen) atoms. The van der Waals surface area contributed by atoms with Crippen LogP contribution in [0.4, 0.5) is 0 Å². The van der Waals surface area contributed by atoms with Gasteiger partial charge in [0.05, 0.1) is 17.3 Å². The van der Waals surface area contributed by atoms with Crippen molar-refractivity contribution in [1.29, 1.82) is 0 Å². The molecule has 2 aromatic heterocycles. The first-order chi connectivity index (χ1) is 10.7. The smallest absolute Gasteiger partial charge is 0.263 e. The molecule has 0 saturated carbocycles. The van der Waals surface area contributed by atoms with Crippen LogP contribution in [0.3, 0.4) is 0 Å². The number of hydrogen-bond acceptors (Lipinski definition) is 4. The van der Waals surface area contributed by atoms with Crippen molar-refractivity contribution in [3.63, 3.8) is 0 Å². The molecule has 1 aliphatic heterocycles. The number of nitrogens with zero attached hydrogens (tertiary/aromatic N) is 1. The minimum absolute atomic E-state index is 0.0470. The number of nitrogens with one attached hydrogen (secondary N) is 1. The normalized spacial score (nSPS) is 18.2. The summed E-state index contributed by atoms with van der Waals surface area (Å²) in [6.07, 6.45) is 1.73. The number of piperidine rings is 1. The molecule has 116 valence electrons. The quantitative estimate of drug-likeness (QED) is 0.934. The van der Waals surface area contributed by atoms with Crippen LogP contribution in [-0.2, 0) is 11.3 Å². The van der Waals surface area contributed by atoms with Crippen LogP contribution in [0.1, 0.15) is 27.4 Å². The molecule has 0 aliphatic carbocycles. The van der Waals surface area contributed by atoms with Crippen LogP contribution in [0.25, 0.3) is 0 Å². The SMILES string of the molecule is O=C(NCc1cccs1)C1CCCN(C(=O)c2cccs2)C1. The Bertz CT molecular complexity index is 623. The lowest BCUT2D eigenvalue weighted by Gasteiger charge is -2.31. The van der Waals surface area contributed by atoms with E-state index in [0.717, 1.165) is 29.1 Å². The highest BCUT2D eigenvalue weighted by Crippen LogP contribution is 2.21. The highest BCUT2D eigenvalue weighted by Gasteiger charge is 2.29. The van der Waals surface area contributed by atoms with Crippen LogP contribution in [-0.4, -0.2) is 29.8 Å². The number of amides is 2. The molecule has 1 N–H and O–H groups in total. The van der Waals surface area contributed by atoms with Gasteiger partial charge in [-0.2, -0.15) is 0 Å². The van der Waals surface area contributed by atoms with E-state index in [1.807, 2.05) is 39.9 Å². The number of hydrogen-bond donors (Lipinski definition) is 1. The molecule has 3 heterocycles. The molecule has 2 aromatic rings. The summed E-state index contributed by atoms with van der Waals surface area (Å²) in [5.41, 5.74) is 0. The number of likely N-dealkylation sites (tertiary alicyclic amines) is 1. The summed E-state index contributed by atoms with van der Waals surface area (Å²) in [6, 6.07) is 7.72. The molecule has 0 bridgehead atoms. The molecule has 4 nitrogen and oxygen atoms in total. The van der Waals surface area contributed by atoms with Gasteiger partial charge in [0.25, 0.3) is 5.91 Å². The van der Waals surface area contributed by atoms with E-state index in [1.165, 1.54) is 11.3 Å². The summed E-state index contributed by atoms with van der Waals surface area (Å²) in [5, 5.41) is 6.89. The van der Waals surface area contributed by atoms with Crippen LogP contribution in [0, 0.1) is 5.92 Å². The van der Waals surface area contributed by atoms with Crippen LogP contribution < -0.4 is 5.32 Å². The Morgan fingerprint density at radius 3 is 2.77 bits per heavy atom. The molecule has 6 heteroatoms. The van der Waals surface area contributed by atoms with Crippen molar-refractivity contribution < 1.29 is 9.59 Å². The Hall–Kier alpha value is -1.66. The molecule has 0 spiro atoms. The van der Waals surface area contributed by atoms with E-state index < -0.39 is 0 Å². The van der Waals surface area contributed by atoms with Gasteiger partial charge in [-0.25, -0.2) is 0 Å². The van der Waals surface area contributed by atoms with Crippen molar-refractivity contribution in [2.75, 3.05) is 13.1 Å². The Morgan fingerprint density at radius 1 is 1.23 bits per heavy atom. The lowest BCUT2D eigenvalue weighted by Crippen LogP contribution is -2.45. The minimum atomic E-state index is -0.0994. The Labute approximate surface area is 137 Å². The summed E-state index contributed by atoms with van der Waals surface area (Å²) in [4.78, 5) is 28.4. The van der Waals surface area contributed by atoms with Crippen LogP contribution in [0.15, 0.2) is 35.0 Å². The summed E-state index contributed by atoms with van der Waals surface area (Å²) in [7, 11) is 0. The fraction of sp³-hybridized carbons (Fsp3) is 0.375. The lowest BCUT2D eigenvalue weighted by molar-refractivity contribution is -0.126. The summed E-state index contributed by atoms with van der Waals surface area (Å²) >= 11 is 3.09. The van der Waals surface area contributed by atoms with E-state index in [4.69, 9.17) is 0 Å². The van der Waals surface area contributed by atoms with Gasteiger partial charge in [0, 0.05) is 18.0 Å². The highest BCUT2D eigenvalue weighted by molar-refractivity contribution is 7.12. The Morgan fingerprint density at radius 2 is 2.05 bits per heavy atom. The largest absolute Gasteiger partial charge is 0.351 e. The van der Waals surface area contributed by atoms with E-state index in [0.29, 0.717) is 13.1 Å². The Kier molecular flexibility index (Phi) is 4.90. The van der Waals surface area contributed by atoms with Crippen molar-refractivity contribution in [3.05, 3.63) is 44.8 Å². The van der Waals surface area contributed by atoms with Crippen LogP contribution >= 0.6 is 22.7 Å². The van der Waals surface area contributed by atoms with Crippen molar-refractivity contribution in [2.45, 2.75) is 19.4 Å². The first kappa shape index (κ1) is 15.2. The maximum absolute atomic E-state index is 12.4. The van der Waals surface area contributed by atoms with Crippen LogP contribution in [0.5, 0.6) is 0 Å². The average molecular weight is 334 g/mol. The monoisotopic (exact) mass is 334 g/mol. The van der Waals surface area contributed by atoms with Gasteiger partial charge < -0.3 is 10.2 Å². The predicted octanol–water partition coefficient (Wildman–Crippen LogP) is 2.98. The van der Waals surface area contributed by atoms with Crippen molar-refractivity contribution in [3.8, 4) is 0 Å². The maximum atomic E-state index is 12.4. The summed E-state index contributed by atoms with van der Waals surface area (Å²) in [5.74, 6) is 0.000427. The number of thiophene rings is 2. The lowest BCUT2D eigenvalue weighted by atomic mass is 9.97. The van der Waals surface area contributed by atoms with E-state index in [9.17, 15) is 9.59 Å². The van der Waals surface area contributed by atoms with Gasteiger partial charge in [-0.3, -0.25) is 9.59 Å². The van der Waals surface area contributed by atoms with Gasteiger partial charge in [-0.1, -0.05) is 12.1 Å². The zero-order chi connectivity index (χ0) is 15.4.